The van der Waals surface area contributed by atoms with Crippen molar-refractivity contribution >= 4 is 22.6 Å². The van der Waals surface area contributed by atoms with E-state index >= 15 is 4.39 Å². The number of amides is 1. The molecule has 12 heteroatoms. The maximum atomic E-state index is 16.9. The van der Waals surface area contributed by atoms with E-state index in [1.54, 1.807) is 12.3 Å². The molecule has 4 aliphatic rings. The Morgan fingerprint density at radius 2 is 2.00 bits per heavy atom. The summed E-state index contributed by atoms with van der Waals surface area (Å²) in [6.45, 7) is 9.53. The lowest BCUT2D eigenvalue weighted by Crippen LogP contribution is -2.44. The molecule has 3 aromatic rings. The molecule has 10 nitrogen and oxygen atoms in total. The van der Waals surface area contributed by atoms with Crippen molar-refractivity contribution in [3.8, 4) is 18.4 Å². The summed E-state index contributed by atoms with van der Waals surface area (Å²) in [6.07, 6.45) is 12.7. The molecule has 2 atom stereocenters. The number of ether oxygens (including phenoxy) is 3. The molecular formula is C36H40F2N6O4. The van der Waals surface area contributed by atoms with Crippen LogP contribution >= 0.6 is 0 Å². The number of nitrogens with one attached hydrogen (secondary N) is 1. The number of fused-ring (bicyclic) bond motifs is 2. The second kappa shape index (κ2) is 13.7. The quantitative estimate of drug-likeness (QED) is 0.272. The molecule has 252 valence electrons. The molecule has 2 aromatic heterocycles. The van der Waals surface area contributed by atoms with Crippen LogP contribution < -0.4 is 15.0 Å². The molecular weight excluding hydrogens is 618 g/mol. The summed E-state index contributed by atoms with van der Waals surface area (Å²) in [6, 6.07) is 2.82. The van der Waals surface area contributed by atoms with Crippen LogP contribution in [-0.4, -0.2) is 97.6 Å². The SMILES string of the molecule is C#Cc1c(F)ccc2c1[C@H](c1ncc3c(N4CCOC[C@@H](NC(=O)C=C)C4)nc(OCC4(CN5CCOCC5)CC4)nc3c1F)CCC2. The van der Waals surface area contributed by atoms with Crippen LogP contribution in [0.1, 0.15) is 54.0 Å². The van der Waals surface area contributed by atoms with Crippen molar-refractivity contribution in [3.63, 3.8) is 0 Å². The molecule has 2 aliphatic heterocycles. The number of aromatic nitrogens is 3. The van der Waals surface area contributed by atoms with E-state index in [1.165, 1.54) is 12.1 Å². The van der Waals surface area contributed by atoms with Gasteiger partial charge >= 0.3 is 6.01 Å². The first kappa shape index (κ1) is 32.4. The summed E-state index contributed by atoms with van der Waals surface area (Å²) in [5, 5.41) is 3.31. The van der Waals surface area contributed by atoms with Gasteiger partial charge in [0.25, 0.3) is 0 Å². The lowest BCUT2D eigenvalue weighted by molar-refractivity contribution is -0.117. The number of terminal acetylenes is 1. The summed E-state index contributed by atoms with van der Waals surface area (Å²) < 4.78 is 49.4. The summed E-state index contributed by atoms with van der Waals surface area (Å²) in [4.78, 5) is 30.6. The second-order valence-electron chi connectivity index (χ2n) is 13.2. The number of hydrogen-bond donors (Lipinski definition) is 1. The monoisotopic (exact) mass is 658 g/mol. The Labute approximate surface area is 278 Å². The maximum absolute atomic E-state index is 16.9. The van der Waals surface area contributed by atoms with E-state index in [0.29, 0.717) is 56.1 Å². The Morgan fingerprint density at radius 1 is 1.19 bits per heavy atom. The van der Waals surface area contributed by atoms with Gasteiger partial charge in [-0.1, -0.05) is 18.6 Å². The van der Waals surface area contributed by atoms with E-state index in [0.717, 1.165) is 64.1 Å². The van der Waals surface area contributed by atoms with Gasteiger partial charge in [0.15, 0.2) is 5.82 Å². The highest BCUT2D eigenvalue weighted by molar-refractivity contribution is 5.90. The third-order valence-corrected chi connectivity index (χ3v) is 9.94. The number of morpholine rings is 1. The number of anilines is 1. The van der Waals surface area contributed by atoms with Gasteiger partial charge in [0.2, 0.25) is 5.91 Å². The number of rotatable bonds is 9. The summed E-state index contributed by atoms with van der Waals surface area (Å²) in [7, 11) is 0. The lowest BCUT2D eigenvalue weighted by atomic mass is 9.78. The molecule has 1 amide bonds. The predicted octanol–water partition coefficient (Wildman–Crippen LogP) is 3.75. The predicted molar refractivity (Wildman–Crippen MR) is 176 cm³/mol. The van der Waals surface area contributed by atoms with E-state index in [9.17, 15) is 9.18 Å². The lowest BCUT2D eigenvalue weighted by Gasteiger charge is -2.30. The van der Waals surface area contributed by atoms with Crippen molar-refractivity contribution < 1.29 is 27.8 Å². The van der Waals surface area contributed by atoms with Gasteiger partial charge in [-0.25, -0.2) is 8.78 Å². The smallest absolute Gasteiger partial charge is 0.319 e. The molecule has 1 N–H and O–H groups in total. The molecule has 7 rings (SSSR count). The maximum Gasteiger partial charge on any atom is 0.319 e. The van der Waals surface area contributed by atoms with E-state index in [-0.39, 0.29) is 40.1 Å². The molecule has 0 spiro atoms. The van der Waals surface area contributed by atoms with Crippen LogP contribution in [0.5, 0.6) is 6.01 Å². The molecule has 0 bridgehead atoms. The fraction of sp³-hybridized carbons (Fsp3) is 0.500. The van der Waals surface area contributed by atoms with Gasteiger partial charge < -0.3 is 24.4 Å². The summed E-state index contributed by atoms with van der Waals surface area (Å²) in [5.41, 5.74) is 1.89. The van der Waals surface area contributed by atoms with Gasteiger partial charge in [0.1, 0.15) is 17.2 Å². The third-order valence-electron chi connectivity index (χ3n) is 9.94. The van der Waals surface area contributed by atoms with Crippen LogP contribution in [0.25, 0.3) is 10.9 Å². The van der Waals surface area contributed by atoms with E-state index in [4.69, 9.17) is 25.6 Å². The molecule has 2 aliphatic carbocycles. The van der Waals surface area contributed by atoms with Gasteiger partial charge in [-0.2, -0.15) is 9.97 Å². The Kier molecular flexibility index (Phi) is 9.27. The van der Waals surface area contributed by atoms with Gasteiger partial charge in [0, 0.05) is 50.3 Å². The first-order valence-electron chi connectivity index (χ1n) is 16.7. The van der Waals surface area contributed by atoms with Crippen LogP contribution in [0, 0.1) is 29.4 Å². The van der Waals surface area contributed by atoms with Crippen LogP contribution in [-0.2, 0) is 20.7 Å². The zero-order valence-electron chi connectivity index (χ0n) is 27.0. The van der Waals surface area contributed by atoms with Crippen molar-refractivity contribution in [2.75, 3.05) is 70.7 Å². The highest BCUT2D eigenvalue weighted by atomic mass is 19.1. The number of benzene rings is 1. The van der Waals surface area contributed by atoms with Crippen LogP contribution in [0.15, 0.2) is 31.0 Å². The Balaban J connectivity index is 1.27. The standard InChI is InChI=1S/C36H40F2N6O4/c1-3-25-28(37)9-8-23-6-5-7-26(30(23)25)32-31(38)33-27(18-39-32)34(44-14-17-47-20-24(19-44)40-29(45)4-2)42-35(41-33)48-22-36(10-11-36)21-43-12-15-46-16-13-43/h1,4,8-9,18,24,26H,2,5-7,10-17,19-22H2,(H,40,45)/t24-,26+/m0/s1. The zero-order chi connectivity index (χ0) is 33.3. The molecule has 0 unspecified atom stereocenters. The van der Waals surface area contributed by atoms with E-state index in [2.05, 4.69) is 32.7 Å². The molecule has 1 saturated carbocycles. The topological polar surface area (TPSA) is 102 Å². The number of carbonyl (C=O) groups excluding carboxylic acids is 1. The van der Waals surface area contributed by atoms with Gasteiger partial charge in [0.05, 0.1) is 55.7 Å². The van der Waals surface area contributed by atoms with E-state index < -0.39 is 17.6 Å². The minimum Gasteiger partial charge on any atom is -0.463 e. The average Bonchev–Trinajstić information content (AvgIpc) is 3.91. The van der Waals surface area contributed by atoms with Crippen LogP contribution in [0.4, 0.5) is 14.6 Å². The van der Waals surface area contributed by atoms with Gasteiger partial charge in [-0.05, 0) is 55.4 Å². The zero-order valence-corrected chi connectivity index (χ0v) is 27.0. The fourth-order valence-corrected chi connectivity index (χ4v) is 7.22. The number of carbonyl (C=O) groups is 1. The van der Waals surface area contributed by atoms with Crippen LogP contribution in [0.2, 0.25) is 0 Å². The van der Waals surface area contributed by atoms with Crippen LogP contribution in [0.3, 0.4) is 0 Å². The van der Waals surface area contributed by atoms with Crippen molar-refractivity contribution in [1.82, 2.24) is 25.2 Å². The Morgan fingerprint density at radius 3 is 2.77 bits per heavy atom. The molecule has 4 heterocycles. The number of hydrogen-bond acceptors (Lipinski definition) is 9. The minimum atomic E-state index is -0.608. The Bertz CT molecular complexity index is 1750. The molecule has 2 saturated heterocycles. The second-order valence-corrected chi connectivity index (χ2v) is 13.2. The van der Waals surface area contributed by atoms with E-state index in [1.807, 2.05) is 4.90 Å². The van der Waals surface area contributed by atoms with Gasteiger partial charge in [-0.3, -0.25) is 14.7 Å². The molecule has 0 radical (unpaired) electrons. The van der Waals surface area contributed by atoms with Crippen molar-refractivity contribution in [3.05, 3.63) is 65.0 Å². The third kappa shape index (κ3) is 6.59. The fourth-order valence-electron chi connectivity index (χ4n) is 7.22. The largest absolute Gasteiger partial charge is 0.463 e. The average molecular weight is 659 g/mol. The van der Waals surface area contributed by atoms with Crippen molar-refractivity contribution in [2.45, 2.75) is 44.1 Å². The summed E-state index contributed by atoms with van der Waals surface area (Å²) in [5.74, 6) is 0.980. The number of halogens is 2. The highest BCUT2D eigenvalue weighted by Crippen LogP contribution is 2.47. The molecule has 48 heavy (non-hydrogen) atoms. The van der Waals surface area contributed by atoms with Gasteiger partial charge in [-0.15, -0.1) is 6.42 Å². The highest BCUT2D eigenvalue weighted by Gasteiger charge is 2.45. The van der Waals surface area contributed by atoms with Crippen molar-refractivity contribution in [1.29, 1.82) is 0 Å². The molecule has 1 aromatic carbocycles. The first-order chi connectivity index (χ1) is 23.4. The number of aryl methyl sites for hydroxylation is 1. The number of pyridine rings is 1. The minimum absolute atomic E-state index is 0.0181. The van der Waals surface area contributed by atoms with Crippen molar-refractivity contribution in [2.24, 2.45) is 5.41 Å². The first-order valence-corrected chi connectivity index (χ1v) is 16.7. The normalized spacial score (nSPS) is 22.3. The summed E-state index contributed by atoms with van der Waals surface area (Å²) >= 11 is 0. The molecule has 3 fully saturated rings. The number of nitrogens with zero attached hydrogens (tertiary/aromatic N) is 5. The Hall–Kier alpha value is -4.18.